The first kappa shape index (κ1) is 24.4. The van der Waals surface area contributed by atoms with Gasteiger partial charge < -0.3 is 20.5 Å². The zero-order chi connectivity index (χ0) is 24.3. The van der Waals surface area contributed by atoms with Crippen LogP contribution in [0.15, 0.2) is 41.9 Å². The van der Waals surface area contributed by atoms with E-state index in [4.69, 9.17) is 0 Å². The summed E-state index contributed by atoms with van der Waals surface area (Å²) in [4.78, 5) is 35.8. The molecule has 3 N–H and O–H groups in total. The molecule has 0 bridgehead atoms. The first-order valence-corrected chi connectivity index (χ1v) is 13.2. The van der Waals surface area contributed by atoms with E-state index in [1.807, 2.05) is 31.2 Å². The second-order valence-corrected chi connectivity index (χ2v) is 11.0. The summed E-state index contributed by atoms with van der Waals surface area (Å²) in [5, 5.41) is 6.63. The van der Waals surface area contributed by atoms with E-state index in [0.717, 1.165) is 58.4 Å². The van der Waals surface area contributed by atoms with Crippen LogP contribution in [0.4, 0.5) is 11.4 Å². The largest absolute Gasteiger partial charge is 0.357 e. The minimum atomic E-state index is -0.127. The van der Waals surface area contributed by atoms with Crippen LogP contribution in [0.25, 0.3) is 0 Å². The van der Waals surface area contributed by atoms with Gasteiger partial charge in [0.2, 0.25) is 5.91 Å². The number of aromatic amines is 1. The molecular weight excluding hydrogens is 446 g/mol. The number of aryl methyl sites for hydroxylation is 1. The highest BCUT2D eigenvalue weighted by Gasteiger charge is 2.40. The van der Waals surface area contributed by atoms with Crippen molar-refractivity contribution in [1.82, 2.24) is 15.3 Å². The average molecular weight is 482 g/mol. The zero-order valence-corrected chi connectivity index (χ0v) is 21.3. The van der Waals surface area contributed by atoms with Crippen LogP contribution in [0.3, 0.4) is 0 Å². The number of nitrogens with zero attached hydrogens (tertiary/aromatic N) is 2. The molecule has 2 heterocycles. The third-order valence-electron chi connectivity index (χ3n) is 6.57. The number of amides is 1. The van der Waals surface area contributed by atoms with Gasteiger partial charge in [0.05, 0.1) is 36.0 Å². The van der Waals surface area contributed by atoms with Gasteiger partial charge in [-0.1, -0.05) is 32.9 Å². The van der Waals surface area contributed by atoms with Gasteiger partial charge in [-0.25, -0.2) is 4.98 Å². The Morgan fingerprint density at radius 1 is 1.29 bits per heavy atom. The lowest BCUT2D eigenvalue weighted by Crippen LogP contribution is -2.46. The van der Waals surface area contributed by atoms with Gasteiger partial charge in [0, 0.05) is 41.4 Å². The molecule has 4 rings (SSSR count). The number of rotatable bonds is 8. The Morgan fingerprint density at radius 2 is 2.09 bits per heavy atom. The molecule has 1 aromatic carbocycles. The van der Waals surface area contributed by atoms with Crippen molar-refractivity contribution < 1.29 is 9.59 Å². The minimum Gasteiger partial charge on any atom is -0.357 e. The molecule has 0 saturated carbocycles. The number of allylic oxidation sites excluding steroid dienone is 1. The molecule has 2 aromatic rings. The molecule has 34 heavy (non-hydrogen) atoms. The van der Waals surface area contributed by atoms with E-state index in [0.29, 0.717) is 13.0 Å². The molecule has 0 radical (unpaired) electrons. The van der Waals surface area contributed by atoms with Crippen LogP contribution in [0.2, 0.25) is 0 Å². The molecule has 1 unspecified atom stereocenters. The lowest BCUT2D eigenvalue weighted by Gasteiger charge is -2.37. The van der Waals surface area contributed by atoms with Crippen molar-refractivity contribution in [3.05, 3.63) is 53.3 Å². The number of carbonyl (C=O) groups excluding carboxylic acids is 2. The zero-order valence-electron chi connectivity index (χ0n) is 20.5. The van der Waals surface area contributed by atoms with Crippen molar-refractivity contribution >= 4 is 34.8 Å². The summed E-state index contributed by atoms with van der Waals surface area (Å²) in [6, 6.07) is 7.92. The van der Waals surface area contributed by atoms with E-state index >= 15 is 0 Å². The summed E-state index contributed by atoms with van der Waals surface area (Å²) in [6.07, 6.45) is 3.83. The predicted octanol–water partition coefficient (Wildman–Crippen LogP) is 4.42. The van der Waals surface area contributed by atoms with Crippen LogP contribution in [-0.2, 0) is 15.3 Å². The van der Waals surface area contributed by atoms with E-state index in [-0.39, 0.29) is 29.7 Å². The van der Waals surface area contributed by atoms with Crippen molar-refractivity contribution in [1.29, 1.82) is 0 Å². The number of imidazole rings is 1. The number of ketones is 1. The molecule has 182 valence electrons. The molecular formula is C26H35N5O2S. The van der Waals surface area contributed by atoms with Crippen LogP contribution in [0.5, 0.6) is 0 Å². The fourth-order valence-electron chi connectivity index (χ4n) is 4.94. The Labute approximate surface area is 206 Å². The third kappa shape index (κ3) is 5.32. The monoisotopic (exact) mass is 481 g/mol. The van der Waals surface area contributed by atoms with E-state index in [1.54, 1.807) is 18.1 Å². The molecule has 8 heteroatoms. The molecule has 2 aliphatic rings. The van der Waals surface area contributed by atoms with E-state index in [1.165, 1.54) is 0 Å². The highest BCUT2D eigenvalue weighted by molar-refractivity contribution is 7.98. The average Bonchev–Trinajstić information content (AvgIpc) is 3.13. The highest BCUT2D eigenvalue weighted by atomic mass is 32.2. The maximum atomic E-state index is 13.3. The number of hydrogen-bond donors (Lipinski definition) is 3. The minimum absolute atomic E-state index is 0.0301. The Kier molecular flexibility index (Phi) is 7.36. The number of thioether (sulfide) groups is 1. The fourth-order valence-corrected chi connectivity index (χ4v) is 5.82. The Balaban J connectivity index is 1.46. The number of Topliss-reactive ketones (excluding diaryl/α,β-unsaturated/α-hetero) is 1. The molecule has 0 saturated heterocycles. The van der Waals surface area contributed by atoms with Gasteiger partial charge in [0.15, 0.2) is 5.78 Å². The fraction of sp³-hybridized carbons (Fsp3) is 0.500. The van der Waals surface area contributed by atoms with E-state index in [2.05, 4.69) is 46.3 Å². The van der Waals surface area contributed by atoms with Gasteiger partial charge in [-0.3, -0.25) is 9.59 Å². The quantitative estimate of drug-likeness (QED) is 0.484. The molecule has 1 aliphatic carbocycles. The molecule has 1 atom stereocenters. The summed E-state index contributed by atoms with van der Waals surface area (Å²) in [6.45, 7) is 9.21. The summed E-state index contributed by atoms with van der Waals surface area (Å²) < 4.78 is 0. The summed E-state index contributed by atoms with van der Waals surface area (Å²) in [5.41, 5.74) is 5.84. The molecule has 1 amide bonds. The van der Waals surface area contributed by atoms with Crippen molar-refractivity contribution in [2.45, 2.75) is 58.8 Å². The lowest BCUT2D eigenvalue weighted by atomic mass is 9.74. The number of anilines is 2. The van der Waals surface area contributed by atoms with Gasteiger partial charge in [0.1, 0.15) is 0 Å². The number of carbonyl (C=O) groups is 2. The Morgan fingerprint density at radius 3 is 2.82 bits per heavy atom. The normalized spacial score (nSPS) is 19.2. The number of para-hydroxylation sites is 2. The van der Waals surface area contributed by atoms with Crippen LogP contribution in [0.1, 0.15) is 51.4 Å². The third-order valence-corrected chi connectivity index (χ3v) is 7.54. The Hall–Kier alpha value is -2.74. The SMILES string of the molecule is CCC1C2=C(CC(C)(C)CC2=O)Nc2ccccc2N1CC(=O)NCCSCc1nc[nH]c1C. The Bertz CT molecular complexity index is 1090. The molecule has 7 nitrogen and oxygen atoms in total. The van der Waals surface area contributed by atoms with Gasteiger partial charge in [-0.15, -0.1) is 0 Å². The maximum absolute atomic E-state index is 13.3. The van der Waals surface area contributed by atoms with Crippen molar-refractivity contribution in [2.75, 3.05) is 29.1 Å². The summed E-state index contributed by atoms with van der Waals surface area (Å²) in [7, 11) is 0. The number of aromatic nitrogens is 2. The number of fused-ring (bicyclic) bond motifs is 1. The summed E-state index contributed by atoms with van der Waals surface area (Å²) >= 11 is 1.75. The smallest absolute Gasteiger partial charge is 0.239 e. The van der Waals surface area contributed by atoms with Crippen molar-refractivity contribution in [2.24, 2.45) is 5.41 Å². The molecule has 1 aromatic heterocycles. The van der Waals surface area contributed by atoms with Gasteiger partial charge in [-0.2, -0.15) is 11.8 Å². The number of nitrogens with one attached hydrogen (secondary N) is 3. The molecule has 0 fully saturated rings. The second-order valence-electron chi connectivity index (χ2n) is 9.90. The second kappa shape index (κ2) is 10.3. The molecule has 1 aliphatic heterocycles. The lowest BCUT2D eigenvalue weighted by molar-refractivity contribution is -0.120. The van der Waals surface area contributed by atoms with Crippen molar-refractivity contribution in [3.8, 4) is 0 Å². The van der Waals surface area contributed by atoms with Crippen LogP contribution >= 0.6 is 11.8 Å². The van der Waals surface area contributed by atoms with E-state index in [9.17, 15) is 9.59 Å². The van der Waals surface area contributed by atoms with Gasteiger partial charge in [-0.05, 0) is 37.3 Å². The van der Waals surface area contributed by atoms with Gasteiger partial charge in [0.25, 0.3) is 0 Å². The van der Waals surface area contributed by atoms with Crippen LogP contribution in [-0.4, -0.2) is 46.5 Å². The highest BCUT2D eigenvalue weighted by Crippen LogP contribution is 2.44. The van der Waals surface area contributed by atoms with Gasteiger partial charge >= 0.3 is 0 Å². The maximum Gasteiger partial charge on any atom is 0.239 e. The number of hydrogen-bond acceptors (Lipinski definition) is 6. The topological polar surface area (TPSA) is 90.1 Å². The number of benzene rings is 1. The first-order chi connectivity index (χ1) is 16.3. The standard InChI is InChI=1S/C26H35N5O2S/c1-5-21-25-19(12-26(3,4)13-23(25)32)30-18-8-6-7-9-22(18)31(21)14-24(33)27-10-11-34-15-20-17(2)28-16-29-20/h6-9,16,21,30H,5,10-15H2,1-4H3,(H,27,33)(H,28,29). The molecule has 0 spiro atoms. The predicted molar refractivity (Wildman–Crippen MR) is 139 cm³/mol. The number of H-pyrrole nitrogens is 1. The van der Waals surface area contributed by atoms with Crippen LogP contribution < -0.4 is 15.5 Å². The summed E-state index contributed by atoms with van der Waals surface area (Å²) in [5.74, 6) is 1.80. The van der Waals surface area contributed by atoms with Crippen molar-refractivity contribution in [3.63, 3.8) is 0 Å². The van der Waals surface area contributed by atoms with Crippen LogP contribution in [0, 0.1) is 12.3 Å². The van der Waals surface area contributed by atoms with E-state index < -0.39 is 0 Å². The first-order valence-electron chi connectivity index (χ1n) is 12.0.